The minimum Gasteiger partial charge on any atom is -0.396 e. The van der Waals surface area contributed by atoms with Crippen molar-refractivity contribution in [1.82, 2.24) is 19.9 Å². The molecular weight excluding hydrogens is 338 g/mol. The van der Waals surface area contributed by atoms with Gasteiger partial charge in [-0.2, -0.15) is 0 Å². The molecule has 3 N–H and O–H groups in total. The molecule has 3 aromatic rings. The van der Waals surface area contributed by atoms with Crippen LogP contribution in [0.1, 0.15) is 43.2 Å². The van der Waals surface area contributed by atoms with Crippen molar-refractivity contribution in [2.45, 2.75) is 51.0 Å². The maximum Gasteiger partial charge on any atom is 0.163 e. The average Bonchev–Trinajstić information content (AvgIpc) is 3.35. The lowest BCUT2D eigenvalue weighted by Crippen LogP contribution is -2.17. The molecule has 2 aliphatic carbocycles. The van der Waals surface area contributed by atoms with Gasteiger partial charge in [0.15, 0.2) is 17.0 Å². The van der Waals surface area contributed by atoms with Gasteiger partial charge in [0.25, 0.3) is 0 Å². The molecule has 2 atom stereocenters. The van der Waals surface area contributed by atoms with Gasteiger partial charge in [-0.25, -0.2) is 15.0 Å². The van der Waals surface area contributed by atoms with Crippen LogP contribution in [-0.2, 0) is 12.8 Å². The standard InChI is InChI=1S/C21H25N5O/c27-11-13-8-9-15(10-13)24-20-18-21(23-12-22-20)26-19(25-18)17-7-3-5-14-4-1-2-6-16(14)17/h3,5,7,12-13,15,27H,1-2,4,6,8-11H2,(H2,22,23,24,25,26)/t13-,15-/m0/s1. The van der Waals surface area contributed by atoms with Crippen LogP contribution in [0.25, 0.3) is 22.6 Å². The Morgan fingerprint density at radius 2 is 2.07 bits per heavy atom. The second kappa shape index (κ2) is 6.93. The van der Waals surface area contributed by atoms with Crippen LogP contribution in [-0.4, -0.2) is 37.7 Å². The van der Waals surface area contributed by atoms with Gasteiger partial charge in [-0.15, -0.1) is 0 Å². The highest BCUT2D eigenvalue weighted by Gasteiger charge is 2.25. The van der Waals surface area contributed by atoms with Gasteiger partial charge in [0.2, 0.25) is 0 Å². The van der Waals surface area contributed by atoms with Crippen molar-refractivity contribution in [3.05, 3.63) is 35.7 Å². The van der Waals surface area contributed by atoms with Gasteiger partial charge < -0.3 is 15.4 Å². The third-order valence-corrected chi connectivity index (χ3v) is 6.07. The number of benzene rings is 1. The normalized spacial score (nSPS) is 22.1. The number of H-pyrrole nitrogens is 1. The van der Waals surface area contributed by atoms with Crippen LogP contribution in [0.3, 0.4) is 0 Å². The van der Waals surface area contributed by atoms with Gasteiger partial charge in [-0.05, 0) is 62.0 Å². The quantitative estimate of drug-likeness (QED) is 0.661. The number of fused-ring (bicyclic) bond motifs is 2. The minimum atomic E-state index is 0.267. The number of anilines is 1. The molecule has 0 unspecified atom stereocenters. The molecule has 1 saturated carbocycles. The summed E-state index contributed by atoms with van der Waals surface area (Å²) in [7, 11) is 0. The molecule has 0 amide bonds. The van der Waals surface area contributed by atoms with E-state index >= 15 is 0 Å². The number of aliphatic hydroxyl groups is 1. The van der Waals surface area contributed by atoms with E-state index in [0.29, 0.717) is 12.0 Å². The molecule has 0 bridgehead atoms. The smallest absolute Gasteiger partial charge is 0.163 e. The molecule has 140 valence electrons. The highest BCUT2D eigenvalue weighted by atomic mass is 16.3. The lowest BCUT2D eigenvalue weighted by atomic mass is 9.88. The molecule has 27 heavy (non-hydrogen) atoms. The first-order valence-electron chi connectivity index (χ1n) is 10.0. The number of nitrogens with zero attached hydrogens (tertiary/aromatic N) is 3. The van der Waals surface area contributed by atoms with E-state index in [9.17, 15) is 5.11 Å². The Bertz CT molecular complexity index is 966. The molecule has 0 spiro atoms. The number of aryl methyl sites for hydroxylation is 1. The van der Waals surface area contributed by atoms with Gasteiger partial charge in [-0.1, -0.05) is 18.2 Å². The van der Waals surface area contributed by atoms with Crippen molar-refractivity contribution in [2.24, 2.45) is 5.92 Å². The Labute approximate surface area is 158 Å². The summed E-state index contributed by atoms with van der Waals surface area (Å²) in [6.45, 7) is 0.267. The zero-order valence-corrected chi connectivity index (χ0v) is 15.4. The largest absolute Gasteiger partial charge is 0.396 e. The van der Waals surface area contributed by atoms with E-state index in [4.69, 9.17) is 4.98 Å². The molecule has 0 aliphatic heterocycles. The first kappa shape index (κ1) is 16.7. The van der Waals surface area contributed by atoms with Crippen LogP contribution in [0.15, 0.2) is 24.5 Å². The van der Waals surface area contributed by atoms with E-state index in [1.54, 1.807) is 6.33 Å². The minimum absolute atomic E-state index is 0.267. The third-order valence-electron chi connectivity index (χ3n) is 6.07. The van der Waals surface area contributed by atoms with Crippen molar-refractivity contribution in [3.63, 3.8) is 0 Å². The van der Waals surface area contributed by atoms with Gasteiger partial charge >= 0.3 is 0 Å². The highest BCUT2D eigenvalue weighted by Crippen LogP contribution is 2.33. The Morgan fingerprint density at radius 3 is 2.96 bits per heavy atom. The van der Waals surface area contributed by atoms with E-state index in [2.05, 4.69) is 38.5 Å². The number of aliphatic hydroxyl groups excluding tert-OH is 1. The summed E-state index contributed by atoms with van der Waals surface area (Å²) in [5, 5.41) is 12.9. The molecule has 6 nitrogen and oxygen atoms in total. The van der Waals surface area contributed by atoms with Crippen molar-refractivity contribution < 1.29 is 5.11 Å². The Hall–Kier alpha value is -2.47. The Kier molecular flexibility index (Phi) is 4.28. The Morgan fingerprint density at radius 1 is 1.15 bits per heavy atom. The van der Waals surface area contributed by atoms with Crippen LogP contribution < -0.4 is 5.32 Å². The molecule has 2 aromatic heterocycles. The molecule has 0 saturated heterocycles. The molecular formula is C21H25N5O. The topological polar surface area (TPSA) is 86.7 Å². The van der Waals surface area contributed by atoms with Crippen LogP contribution in [0, 0.1) is 5.92 Å². The number of hydrogen-bond donors (Lipinski definition) is 3. The molecule has 1 aromatic carbocycles. The summed E-state index contributed by atoms with van der Waals surface area (Å²) in [6, 6.07) is 6.87. The number of rotatable bonds is 4. The van der Waals surface area contributed by atoms with Crippen LogP contribution in [0.5, 0.6) is 0 Å². The molecule has 5 rings (SSSR count). The monoisotopic (exact) mass is 363 g/mol. The predicted octanol–water partition coefficient (Wildman–Crippen LogP) is 3.47. The zero-order valence-electron chi connectivity index (χ0n) is 15.4. The van der Waals surface area contributed by atoms with E-state index in [-0.39, 0.29) is 6.61 Å². The fraction of sp³-hybridized carbons (Fsp3) is 0.476. The molecule has 1 fully saturated rings. The summed E-state index contributed by atoms with van der Waals surface area (Å²) < 4.78 is 0. The lowest BCUT2D eigenvalue weighted by molar-refractivity contribution is 0.229. The number of aromatic nitrogens is 4. The second-order valence-corrected chi connectivity index (χ2v) is 7.86. The lowest BCUT2D eigenvalue weighted by Gasteiger charge is -2.18. The maximum absolute atomic E-state index is 9.38. The summed E-state index contributed by atoms with van der Waals surface area (Å²) in [4.78, 5) is 17.1. The Balaban J connectivity index is 1.50. The summed E-state index contributed by atoms with van der Waals surface area (Å²) in [5.41, 5.74) is 5.63. The van der Waals surface area contributed by atoms with Gasteiger partial charge in [0, 0.05) is 18.2 Å². The van der Waals surface area contributed by atoms with E-state index < -0.39 is 0 Å². The van der Waals surface area contributed by atoms with Gasteiger partial charge in [-0.3, -0.25) is 0 Å². The van der Waals surface area contributed by atoms with Crippen LogP contribution in [0.4, 0.5) is 5.82 Å². The van der Waals surface area contributed by atoms with E-state index in [1.807, 2.05) is 0 Å². The molecule has 2 heterocycles. The van der Waals surface area contributed by atoms with Crippen molar-refractivity contribution in [3.8, 4) is 11.4 Å². The third kappa shape index (κ3) is 3.08. The van der Waals surface area contributed by atoms with Gasteiger partial charge in [0.05, 0.1) is 0 Å². The van der Waals surface area contributed by atoms with Gasteiger partial charge in [0.1, 0.15) is 12.2 Å². The van der Waals surface area contributed by atoms with Crippen LogP contribution in [0.2, 0.25) is 0 Å². The molecule has 2 aliphatic rings. The summed E-state index contributed by atoms with van der Waals surface area (Å²) in [6.07, 6.45) is 9.46. The van der Waals surface area contributed by atoms with E-state index in [0.717, 1.165) is 54.9 Å². The first-order chi connectivity index (χ1) is 13.3. The number of imidazole rings is 1. The fourth-order valence-corrected chi connectivity index (χ4v) is 4.63. The zero-order chi connectivity index (χ0) is 18.2. The van der Waals surface area contributed by atoms with Crippen LogP contribution >= 0.6 is 0 Å². The first-order valence-corrected chi connectivity index (χ1v) is 10.0. The fourth-order valence-electron chi connectivity index (χ4n) is 4.63. The van der Waals surface area contributed by atoms with Crippen molar-refractivity contribution in [1.29, 1.82) is 0 Å². The predicted molar refractivity (Wildman–Crippen MR) is 106 cm³/mol. The number of aromatic amines is 1. The van der Waals surface area contributed by atoms with Crippen molar-refractivity contribution >= 4 is 17.0 Å². The number of hydrogen-bond acceptors (Lipinski definition) is 5. The summed E-state index contributed by atoms with van der Waals surface area (Å²) >= 11 is 0. The van der Waals surface area contributed by atoms with Crippen molar-refractivity contribution in [2.75, 3.05) is 11.9 Å². The summed E-state index contributed by atoms with van der Waals surface area (Å²) in [5.74, 6) is 2.06. The maximum atomic E-state index is 9.38. The molecule has 0 radical (unpaired) electrons. The average molecular weight is 363 g/mol. The SMILES string of the molecule is OC[C@H]1CC[C@H](Nc2ncnc3[nH]c(-c4cccc5c4CCCC5)nc23)C1. The molecule has 6 heteroatoms. The highest BCUT2D eigenvalue weighted by molar-refractivity contribution is 5.86. The van der Waals surface area contributed by atoms with E-state index in [1.165, 1.54) is 29.5 Å². The second-order valence-electron chi connectivity index (χ2n) is 7.86. The number of nitrogens with one attached hydrogen (secondary N) is 2.